The second-order valence-electron chi connectivity index (χ2n) is 6.32. The monoisotopic (exact) mass is 400 g/mol. The van der Waals surface area contributed by atoms with Crippen LogP contribution < -0.4 is 9.64 Å². The summed E-state index contributed by atoms with van der Waals surface area (Å²) in [5.41, 5.74) is 0.660. The molecule has 0 unspecified atom stereocenters. The van der Waals surface area contributed by atoms with Gasteiger partial charge in [0.1, 0.15) is 11.4 Å². The fourth-order valence-electron chi connectivity index (χ4n) is 3.12. The molecule has 1 aliphatic heterocycles. The quantitative estimate of drug-likeness (QED) is 0.649. The van der Waals surface area contributed by atoms with E-state index in [1.165, 1.54) is 11.4 Å². The van der Waals surface area contributed by atoms with Crippen molar-refractivity contribution in [2.24, 2.45) is 0 Å². The van der Waals surface area contributed by atoms with Crippen molar-refractivity contribution in [2.45, 2.75) is 4.90 Å². The molecule has 1 fully saturated rings. The summed E-state index contributed by atoms with van der Waals surface area (Å²) >= 11 is 0. The number of rotatable bonds is 5. The molecule has 0 bridgehead atoms. The van der Waals surface area contributed by atoms with E-state index in [4.69, 9.17) is 9.15 Å². The molecule has 3 heterocycles. The minimum absolute atomic E-state index is 0.239. The average Bonchev–Trinajstić information content (AvgIpc) is 3.29. The molecule has 8 nitrogen and oxygen atoms in total. The number of methoxy groups -OCH3 is 1. The molecule has 0 N–H and O–H groups in total. The van der Waals surface area contributed by atoms with Crippen LogP contribution in [0, 0.1) is 0 Å². The lowest BCUT2D eigenvalue weighted by atomic mass is 10.3. The zero-order valence-electron chi connectivity index (χ0n) is 15.4. The predicted octanol–water partition coefficient (Wildman–Crippen LogP) is 2.26. The molecule has 1 saturated heterocycles. The second-order valence-corrected chi connectivity index (χ2v) is 8.26. The summed E-state index contributed by atoms with van der Waals surface area (Å²) in [5, 5.41) is 8.46. The lowest BCUT2D eigenvalue weighted by molar-refractivity contribution is 0.382. The minimum Gasteiger partial charge on any atom is -0.497 e. The van der Waals surface area contributed by atoms with E-state index in [0.29, 0.717) is 49.2 Å². The lowest BCUT2D eigenvalue weighted by Gasteiger charge is -2.34. The summed E-state index contributed by atoms with van der Waals surface area (Å²) in [7, 11) is -2.04. The Bertz CT molecular complexity index is 1030. The van der Waals surface area contributed by atoms with Crippen LogP contribution in [0.1, 0.15) is 0 Å². The topological polar surface area (TPSA) is 88.8 Å². The molecule has 0 aliphatic carbocycles. The van der Waals surface area contributed by atoms with Crippen LogP contribution in [0.25, 0.3) is 11.5 Å². The fraction of sp³-hybridized carbons (Fsp3) is 0.263. The van der Waals surface area contributed by atoms with Crippen LogP contribution in [0.2, 0.25) is 0 Å². The van der Waals surface area contributed by atoms with Gasteiger partial charge in [0.2, 0.25) is 10.0 Å². The Morgan fingerprint density at radius 2 is 1.82 bits per heavy atom. The van der Waals surface area contributed by atoms with Gasteiger partial charge < -0.3 is 14.1 Å². The number of aromatic nitrogens is 2. The number of benzene rings is 1. The Balaban J connectivity index is 1.44. The molecule has 3 aromatic rings. The summed E-state index contributed by atoms with van der Waals surface area (Å²) in [6, 6.07) is 13.9. The van der Waals surface area contributed by atoms with Crippen molar-refractivity contribution in [3.05, 3.63) is 54.8 Å². The van der Waals surface area contributed by atoms with Crippen molar-refractivity contribution in [1.82, 2.24) is 14.5 Å². The molecule has 0 amide bonds. The van der Waals surface area contributed by atoms with E-state index >= 15 is 0 Å². The highest BCUT2D eigenvalue weighted by atomic mass is 32.2. The maximum Gasteiger partial charge on any atom is 0.243 e. The first-order valence-corrected chi connectivity index (χ1v) is 10.3. The fourth-order valence-corrected chi connectivity index (χ4v) is 4.58. The number of piperazine rings is 1. The van der Waals surface area contributed by atoms with E-state index in [1.807, 2.05) is 23.1 Å². The van der Waals surface area contributed by atoms with Crippen molar-refractivity contribution in [3.8, 4) is 17.2 Å². The molecule has 2 aromatic heterocycles. The minimum atomic E-state index is -3.56. The van der Waals surface area contributed by atoms with E-state index in [-0.39, 0.29) is 4.90 Å². The molecule has 4 rings (SSSR count). The van der Waals surface area contributed by atoms with E-state index < -0.39 is 10.0 Å². The van der Waals surface area contributed by atoms with Crippen molar-refractivity contribution < 1.29 is 17.6 Å². The van der Waals surface area contributed by atoms with Crippen molar-refractivity contribution in [2.75, 3.05) is 38.2 Å². The van der Waals surface area contributed by atoms with Crippen LogP contribution in [-0.2, 0) is 10.0 Å². The van der Waals surface area contributed by atoms with Crippen LogP contribution in [-0.4, -0.2) is 56.2 Å². The molecule has 0 spiro atoms. The standard InChI is InChI=1S/C19H20N4O4S/c1-26-15-4-2-5-16(14-15)28(24,25)23-11-9-22(10-12-23)19-8-7-17(20-21-19)18-6-3-13-27-18/h2-8,13-14H,9-12H2,1H3. The molecule has 0 saturated carbocycles. The van der Waals surface area contributed by atoms with Crippen LogP contribution in [0.4, 0.5) is 5.82 Å². The summed E-state index contributed by atoms with van der Waals surface area (Å²) in [4.78, 5) is 2.26. The smallest absolute Gasteiger partial charge is 0.243 e. The van der Waals surface area contributed by atoms with Crippen molar-refractivity contribution >= 4 is 15.8 Å². The Labute approximate surface area is 163 Å². The van der Waals surface area contributed by atoms with Gasteiger partial charge in [0, 0.05) is 32.2 Å². The third-order valence-corrected chi connectivity index (χ3v) is 6.56. The van der Waals surface area contributed by atoms with Gasteiger partial charge in [-0.05, 0) is 36.4 Å². The lowest BCUT2D eigenvalue weighted by Crippen LogP contribution is -2.49. The average molecular weight is 400 g/mol. The van der Waals surface area contributed by atoms with Gasteiger partial charge in [-0.2, -0.15) is 4.31 Å². The molecule has 0 radical (unpaired) electrons. The predicted molar refractivity (Wildman–Crippen MR) is 104 cm³/mol. The first kappa shape index (κ1) is 18.5. The molecular formula is C19H20N4O4S. The van der Waals surface area contributed by atoms with Gasteiger partial charge >= 0.3 is 0 Å². The molecule has 146 valence electrons. The third-order valence-electron chi connectivity index (χ3n) is 4.67. The Morgan fingerprint density at radius 1 is 1.00 bits per heavy atom. The molecular weight excluding hydrogens is 380 g/mol. The number of hydrogen-bond donors (Lipinski definition) is 0. The first-order chi connectivity index (χ1) is 13.6. The van der Waals surface area contributed by atoms with Gasteiger partial charge in [-0.25, -0.2) is 8.42 Å². The van der Waals surface area contributed by atoms with Gasteiger partial charge in [0.15, 0.2) is 11.6 Å². The molecule has 1 aromatic carbocycles. The Hall–Kier alpha value is -2.91. The van der Waals surface area contributed by atoms with Crippen molar-refractivity contribution in [1.29, 1.82) is 0 Å². The number of nitrogens with zero attached hydrogens (tertiary/aromatic N) is 4. The third kappa shape index (κ3) is 3.58. The van der Waals surface area contributed by atoms with E-state index in [1.54, 1.807) is 36.6 Å². The number of furan rings is 1. The van der Waals surface area contributed by atoms with E-state index in [2.05, 4.69) is 10.2 Å². The Kier molecular flexibility index (Phi) is 5.01. The maximum atomic E-state index is 12.9. The van der Waals surface area contributed by atoms with E-state index in [0.717, 1.165) is 0 Å². The number of sulfonamides is 1. The number of ether oxygens (including phenoxy) is 1. The number of hydrogen-bond acceptors (Lipinski definition) is 7. The molecule has 28 heavy (non-hydrogen) atoms. The maximum absolute atomic E-state index is 12.9. The van der Waals surface area contributed by atoms with Crippen LogP contribution in [0.5, 0.6) is 5.75 Å². The highest BCUT2D eigenvalue weighted by molar-refractivity contribution is 7.89. The summed E-state index contributed by atoms with van der Waals surface area (Å²) in [6.07, 6.45) is 1.59. The van der Waals surface area contributed by atoms with Crippen LogP contribution in [0.3, 0.4) is 0 Å². The van der Waals surface area contributed by atoms with Gasteiger partial charge in [-0.3, -0.25) is 0 Å². The summed E-state index contributed by atoms with van der Waals surface area (Å²) in [6.45, 7) is 1.83. The zero-order chi connectivity index (χ0) is 19.6. The van der Waals surface area contributed by atoms with Crippen LogP contribution >= 0.6 is 0 Å². The SMILES string of the molecule is COc1cccc(S(=O)(=O)N2CCN(c3ccc(-c4ccco4)nn3)CC2)c1. The van der Waals surface area contributed by atoms with Gasteiger partial charge in [0.05, 0.1) is 18.3 Å². The molecule has 9 heteroatoms. The number of anilines is 1. The molecule has 0 atom stereocenters. The Morgan fingerprint density at radius 3 is 2.46 bits per heavy atom. The zero-order valence-corrected chi connectivity index (χ0v) is 16.2. The second kappa shape index (κ2) is 7.61. The van der Waals surface area contributed by atoms with Crippen molar-refractivity contribution in [3.63, 3.8) is 0 Å². The highest BCUT2D eigenvalue weighted by Gasteiger charge is 2.29. The van der Waals surface area contributed by atoms with E-state index in [9.17, 15) is 8.42 Å². The largest absolute Gasteiger partial charge is 0.497 e. The van der Waals surface area contributed by atoms with Gasteiger partial charge in [0.25, 0.3) is 0 Å². The first-order valence-electron chi connectivity index (χ1n) is 8.85. The summed E-state index contributed by atoms with van der Waals surface area (Å²) in [5.74, 6) is 1.90. The summed E-state index contributed by atoms with van der Waals surface area (Å²) < 4.78 is 37.7. The van der Waals surface area contributed by atoms with Gasteiger partial charge in [-0.15, -0.1) is 10.2 Å². The molecule has 1 aliphatic rings. The van der Waals surface area contributed by atoms with Gasteiger partial charge in [-0.1, -0.05) is 6.07 Å². The van der Waals surface area contributed by atoms with Crippen LogP contribution in [0.15, 0.2) is 64.1 Å². The highest BCUT2D eigenvalue weighted by Crippen LogP contribution is 2.24. The normalized spacial score (nSPS) is 15.5.